The highest BCUT2D eigenvalue weighted by atomic mass is 127. The third-order valence-electron chi connectivity index (χ3n) is 6.34. The molecule has 3 rings (SSSR count). The minimum atomic E-state index is -3.87. The Kier molecular flexibility index (Phi) is 15.4. The van der Waals surface area contributed by atoms with E-state index in [1.165, 1.54) is 54.8 Å². The molecule has 2 aromatic carbocycles. The first-order chi connectivity index (χ1) is 23.3. The van der Waals surface area contributed by atoms with E-state index in [9.17, 15) is 36.6 Å². The number of hydrogen-bond acceptors (Lipinski definition) is 13. The fraction of sp³-hybridized carbons (Fsp3) is 0.222. The predicted octanol–water partition coefficient (Wildman–Crippen LogP) is 2.41. The van der Waals surface area contributed by atoms with Crippen molar-refractivity contribution in [3.8, 4) is 0 Å². The van der Waals surface area contributed by atoms with Gasteiger partial charge in [-0.2, -0.15) is 0 Å². The molecule has 0 saturated carbocycles. The lowest BCUT2D eigenvalue weighted by atomic mass is 10.2. The number of ether oxygens (including phenoxy) is 2. The van der Waals surface area contributed by atoms with E-state index in [4.69, 9.17) is 44.2 Å². The summed E-state index contributed by atoms with van der Waals surface area (Å²) in [5.74, 6) is -2.38. The number of anilines is 2. The number of aliphatic carboxylic acids is 2. The monoisotopic (exact) mass is 993 g/mol. The molecular weight excluding hydrogens is 964 g/mol. The van der Waals surface area contributed by atoms with Crippen molar-refractivity contribution in [1.29, 1.82) is 0 Å². The first-order valence-electron chi connectivity index (χ1n) is 13.7. The lowest BCUT2D eigenvalue weighted by Gasteiger charge is -2.24. The molecule has 0 aliphatic rings. The maximum Gasteiger partial charge on any atom is 0.325 e. The van der Waals surface area contributed by atoms with Gasteiger partial charge in [-0.3, -0.25) is 14.6 Å². The van der Waals surface area contributed by atoms with E-state index < -0.39 is 44.1 Å². The van der Waals surface area contributed by atoms with Crippen molar-refractivity contribution < 1.29 is 46.1 Å². The number of hydrogen-bond donors (Lipinski definition) is 6. The van der Waals surface area contributed by atoms with Crippen LogP contribution in [0.15, 0.2) is 76.5 Å². The molecule has 0 spiro atoms. The van der Waals surface area contributed by atoms with Gasteiger partial charge in [0.1, 0.15) is 13.2 Å². The summed E-state index contributed by atoms with van der Waals surface area (Å²) in [4.78, 5) is 28.5. The SMILES string of the molecule is NS(=O)(=O)c1ccc(NC(=S)OCC(C(=O)O)N(I)Cc2cccc(CN(I)C(COC(=S)Nc3ccc(S(N)(=O)=O)cc3)C(=O)O)n2)cc1. The second-order valence-corrected chi connectivity index (χ2v) is 16.4. The number of nitrogens with two attached hydrogens (primary N) is 2. The van der Waals surface area contributed by atoms with Crippen LogP contribution in [0.5, 0.6) is 0 Å². The Hall–Kier alpha value is -2.89. The van der Waals surface area contributed by atoms with Crippen molar-refractivity contribution in [3.63, 3.8) is 0 Å². The number of thiocarbonyl (C=S) groups is 2. The number of nitrogens with zero attached hydrogens (tertiary/aromatic N) is 3. The van der Waals surface area contributed by atoms with E-state index in [0.717, 1.165) is 0 Å². The van der Waals surface area contributed by atoms with Crippen LogP contribution >= 0.6 is 70.2 Å². The molecule has 0 aliphatic heterocycles. The molecule has 0 fully saturated rings. The smallest absolute Gasteiger partial charge is 0.325 e. The van der Waals surface area contributed by atoms with Gasteiger partial charge in [-0.05, 0) is 85.1 Å². The van der Waals surface area contributed by atoms with Gasteiger partial charge in [-0.25, -0.2) is 33.3 Å². The van der Waals surface area contributed by atoms with Gasteiger partial charge in [0.25, 0.3) is 10.3 Å². The number of benzene rings is 2. The standard InChI is InChI=1S/C27H29I2N7O10S4/c28-35(22(24(37)38)14-45-26(47)33-16-4-8-20(9-5-16)49(30,41)42)12-18-2-1-3-19(32-18)13-36(29)23(25(39)40)15-46-27(48)34-17-6-10-21(11-7-17)50(31,43)44/h1-11,22-23H,12-15H2,(H,33,47)(H,34,48)(H,37,38)(H,39,40)(H2,30,41,42)(H2,31,43,44). The summed E-state index contributed by atoms with van der Waals surface area (Å²) < 4.78 is 59.6. The summed E-state index contributed by atoms with van der Waals surface area (Å²) in [6, 6.07) is 13.6. The van der Waals surface area contributed by atoms with Gasteiger partial charge >= 0.3 is 11.9 Å². The van der Waals surface area contributed by atoms with Gasteiger partial charge < -0.3 is 30.3 Å². The van der Waals surface area contributed by atoms with Crippen LogP contribution in [0.25, 0.3) is 0 Å². The van der Waals surface area contributed by atoms with Crippen LogP contribution in [0.1, 0.15) is 11.4 Å². The minimum Gasteiger partial charge on any atom is -0.480 e. The van der Waals surface area contributed by atoms with E-state index in [0.29, 0.717) is 22.8 Å². The molecule has 50 heavy (non-hydrogen) atoms. The topological polar surface area (TPSA) is 257 Å². The molecule has 23 heteroatoms. The van der Waals surface area contributed by atoms with Crippen LogP contribution < -0.4 is 20.9 Å². The molecule has 0 saturated heterocycles. The quantitative estimate of drug-likeness (QED) is 0.0685. The number of pyridine rings is 1. The Balaban J connectivity index is 1.55. The minimum absolute atomic E-state index is 0.0782. The first kappa shape index (κ1) is 41.5. The first-order valence-corrected chi connectivity index (χ1v) is 19.6. The highest BCUT2D eigenvalue weighted by molar-refractivity contribution is 14.1. The molecule has 270 valence electrons. The molecule has 2 unspecified atom stereocenters. The summed E-state index contributed by atoms with van der Waals surface area (Å²) in [5, 5.41) is 35.0. The van der Waals surface area contributed by atoms with Gasteiger partial charge in [0.2, 0.25) is 20.0 Å². The van der Waals surface area contributed by atoms with Gasteiger partial charge in [0.05, 0.1) is 34.3 Å². The number of nitrogens with one attached hydrogen (secondary N) is 2. The maximum atomic E-state index is 12.1. The fourth-order valence-corrected chi connectivity index (χ4v) is 6.75. The molecule has 1 aromatic heterocycles. The van der Waals surface area contributed by atoms with Crippen molar-refractivity contribution >= 4 is 124 Å². The molecular formula is C27H29I2N7O10S4. The van der Waals surface area contributed by atoms with Crippen molar-refractivity contribution in [2.24, 2.45) is 10.3 Å². The van der Waals surface area contributed by atoms with Crippen LogP contribution in [0.3, 0.4) is 0 Å². The zero-order chi connectivity index (χ0) is 37.2. The number of carbonyl (C=O) groups is 2. The third-order valence-corrected chi connectivity index (χ3v) is 10.7. The molecule has 0 aliphatic carbocycles. The van der Waals surface area contributed by atoms with Crippen molar-refractivity contribution in [1.82, 2.24) is 11.2 Å². The molecule has 17 nitrogen and oxygen atoms in total. The molecule has 0 bridgehead atoms. The summed E-state index contributed by atoms with van der Waals surface area (Å²) in [6.07, 6.45) is 0. The van der Waals surface area contributed by atoms with E-state index in [-0.39, 0.29) is 46.4 Å². The second kappa shape index (κ2) is 18.6. The second-order valence-electron chi connectivity index (χ2n) is 10.0. The number of rotatable bonds is 16. The fourth-order valence-electron chi connectivity index (χ4n) is 3.85. The van der Waals surface area contributed by atoms with E-state index >= 15 is 0 Å². The summed E-state index contributed by atoms with van der Waals surface area (Å²) in [5.41, 5.74) is 1.78. The number of carboxylic acids is 2. The molecule has 0 amide bonds. The Morgan fingerprint density at radius 1 is 0.720 bits per heavy atom. The van der Waals surface area contributed by atoms with Gasteiger partial charge in [-0.1, -0.05) is 6.07 Å². The lowest BCUT2D eigenvalue weighted by Crippen LogP contribution is -2.40. The average molecular weight is 994 g/mol. The predicted molar refractivity (Wildman–Crippen MR) is 206 cm³/mol. The van der Waals surface area contributed by atoms with Crippen molar-refractivity contribution in [2.45, 2.75) is 35.0 Å². The molecule has 2 atom stereocenters. The summed E-state index contributed by atoms with van der Waals surface area (Å²) in [7, 11) is -7.74. The van der Waals surface area contributed by atoms with E-state index in [2.05, 4.69) is 15.6 Å². The molecule has 8 N–H and O–H groups in total. The van der Waals surface area contributed by atoms with Gasteiger partial charge in [0.15, 0.2) is 12.1 Å². The summed E-state index contributed by atoms with van der Waals surface area (Å²) in [6.45, 7) is -0.513. The van der Waals surface area contributed by atoms with Crippen molar-refractivity contribution in [3.05, 3.63) is 78.1 Å². The molecule has 3 aromatic rings. The molecule has 0 radical (unpaired) electrons. The highest BCUT2D eigenvalue weighted by Gasteiger charge is 2.28. The number of aromatic nitrogens is 1. The van der Waals surface area contributed by atoms with Crippen LogP contribution in [0.4, 0.5) is 11.4 Å². The van der Waals surface area contributed by atoms with Crippen LogP contribution in [0, 0.1) is 0 Å². The van der Waals surface area contributed by atoms with Gasteiger partial charge in [-0.15, -0.1) is 0 Å². The van der Waals surface area contributed by atoms with E-state index in [1.807, 2.05) is 45.7 Å². The zero-order valence-corrected chi connectivity index (χ0v) is 33.0. The largest absolute Gasteiger partial charge is 0.480 e. The van der Waals surface area contributed by atoms with Gasteiger partial charge in [0, 0.05) is 57.1 Å². The average Bonchev–Trinajstić information content (AvgIpc) is 3.00. The number of primary sulfonamides is 2. The number of carboxylic acid groups (broad SMARTS) is 2. The third kappa shape index (κ3) is 13.3. The van der Waals surface area contributed by atoms with Crippen molar-refractivity contribution in [2.75, 3.05) is 23.8 Å². The Morgan fingerprint density at radius 3 is 1.36 bits per heavy atom. The lowest BCUT2D eigenvalue weighted by molar-refractivity contribution is -0.143. The Morgan fingerprint density at radius 2 is 1.06 bits per heavy atom. The Bertz CT molecular complexity index is 1790. The number of halogens is 2. The normalized spacial score (nSPS) is 12.9. The number of sulfonamides is 2. The highest BCUT2D eigenvalue weighted by Crippen LogP contribution is 2.19. The zero-order valence-electron chi connectivity index (χ0n) is 25.4. The van der Waals surface area contributed by atoms with Crippen LogP contribution in [-0.4, -0.2) is 85.8 Å². The van der Waals surface area contributed by atoms with E-state index in [1.54, 1.807) is 18.2 Å². The maximum absolute atomic E-state index is 12.1. The summed E-state index contributed by atoms with van der Waals surface area (Å²) >= 11 is 14.0. The Labute approximate surface area is 325 Å². The van der Waals surface area contributed by atoms with Crippen LogP contribution in [0.2, 0.25) is 0 Å². The van der Waals surface area contributed by atoms with Crippen LogP contribution in [-0.2, 0) is 52.2 Å². The molecule has 1 heterocycles.